The molecule has 31 heavy (non-hydrogen) atoms. The molecule has 2 aromatic carbocycles. The second-order valence-electron chi connectivity index (χ2n) is 7.07. The summed E-state index contributed by atoms with van der Waals surface area (Å²) in [6.45, 7) is 0.0556. The number of ether oxygens (including phenoxy) is 1. The summed E-state index contributed by atoms with van der Waals surface area (Å²) in [6, 6.07) is 14.1. The molecule has 2 aliphatic heterocycles. The number of benzene rings is 2. The summed E-state index contributed by atoms with van der Waals surface area (Å²) in [4.78, 5) is 42.2. The van der Waals surface area contributed by atoms with Gasteiger partial charge in [0, 0.05) is 18.2 Å². The number of methoxy groups -OCH3 is 1. The van der Waals surface area contributed by atoms with Crippen molar-refractivity contribution in [3.63, 3.8) is 0 Å². The van der Waals surface area contributed by atoms with E-state index in [-0.39, 0.29) is 18.4 Å². The van der Waals surface area contributed by atoms with E-state index in [4.69, 9.17) is 4.74 Å². The Labute approximate surface area is 181 Å². The number of fused-ring (bicyclic) bond motifs is 5. The van der Waals surface area contributed by atoms with Crippen molar-refractivity contribution in [3.8, 4) is 0 Å². The average Bonchev–Trinajstić information content (AvgIpc) is 3.34. The van der Waals surface area contributed by atoms with E-state index in [1.807, 2.05) is 12.1 Å². The number of para-hydroxylation sites is 1. The molecule has 2 aliphatic rings. The van der Waals surface area contributed by atoms with Gasteiger partial charge in [0.2, 0.25) is 11.0 Å². The highest BCUT2D eigenvalue weighted by atomic mass is 32.1. The molecule has 0 bridgehead atoms. The molecule has 1 atom stereocenters. The first-order valence-corrected chi connectivity index (χ1v) is 10.3. The maximum atomic E-state index is 13.3. The molecule has 3 amide bonds. The van der Waals surface area contributed by atoms with Crippen LogP contribution in [0, 0.1) is 0 Å². The lowest BCUT2D eigenvalue weighted by atomic mass is 10.0. The number of carbonyl (C=O) groups excluding carboxylic acids is 3. The summed E-state index contributed by atoms with van der Waals surface area (Å²) in [6.07, 6.45) is -0.685. The van der Waals surface area contributed by atoms with Crippen LogP contribution in [0.15, 0.2) is 48.5 Å². The van der Waals surface area contributed by atoms with E-state index in [2.05, 4.69) is 15.5 Å². The van der Waals surface area contributed by atoms with E-state index in [1.165, 1.54) is 16.2 Å². The molecule has 1 N–H and O–H groups in total. The molecule has 1 aromatic heterocycles. The van der Waals surface area contributed by atoms with Gasteiger partial charge in [0.1, 0.15) is 24.3 Å². The molecule has 9 nitrogen and oxygen atoms in total. The maximum absolute atomic E-state index is 13.3. The van der Waals surface area contributed by atoms with Crippen LogP contribution in [0.25, 0.3) is 0 Å². The van der Waals surface area contributed by atoms with Crippen LogP contribution in [0.5, 0.6) is 0 Å². The number of hydrogen-bond donors (Lipinski definition) is 1. The molecular weight excluding hydrogens is 418 g/mol. The summed E-state index contributed by atoms with van der Waals surface area (Å²) in [5.41, 5.74) is 2.15. The van der Waals surface area contributed by atoms with Crippen molar-refractivity contribution in [2.75, 3.05) is 23.9 Å². The van der Waals surface area contributed by atoms with Gasteiger partial charge in [-0.05, 0) is 18.2 Å². The molecule has 0 saturated heterocycles. The highest BCUT2D eigenvalue weighted by Gasteiger charge is 2.48. The molecule has 0 saturated carbocycles. The first-order valence-electron chi connectivity index (χ1n) is 9.52. The number of amides is 3. The molecule has 0 aliphatic carbocycles. The Morgan fingerprint density at radius 3 is 2.61 bits per heavy atom. The van der Waals surface area contributed by atoms with Crippen molar-refractivity contribution in [1.29, 1.82) is 0 Å². The smallest absolute Gasteiger partial charge is 0.260 e. The quantitative estimate of drug-likeness (QED) is 0.660. The van der Waals surface area contributed by atoms with Gasteiger partial charge >= 0.3 is 0 Å². The molecule has 156 valence electrons. The standard InChI is InChI=1S/C21H17N5O4S/c1-30-11-17-23-24-21(31-17)22-16(27)10-25-18-12-6-2-3-7-13(12)20(29)26(18)15-9-5-4-8-14(15)19(25)28/h2-9,18H,10-11H2,1H3,(H,22,24,27). The lowest BCUT2D eigenvalue weighted by Crippen LogP contribution is -2.50. The number of hydrogen-bond acceptors (Lipinski definition) is 7. The Morgan fingerprint density at radius 2 is 1.81 bits per heavy atom. The maximum Gasteiger partial charge on any atom is 0.260 e. The number of nitrogens with zero attached hydrogens (tertiary/aromatic N) is 4. The fourth-order valence-electron chi connectivity index (χ4n) is 3.93. The van der Waals surface area contributed by atoms with Gasteiger partial charge in [-0.1, -0.05) is 41.7 Å². The van der Waals surface area contributed by atoms with Gasteiger partial charge in [-0.2, -0.15) is 0 Å². The number of rotatable bonds is 5. The van der Waals surface area contributed by atoms with E-state index in [9.17, 15) is 14.4 Å². The SMILES string of the molecule is COCc1nnc(NC(=O)CN2C(=O)c3ccccc3N3C(=O)c4ccccc4C23)s1. The molecule has 0 radical (unpaired) electrons. The second kappa shape index (κ2) is 7.56. The van der Waals surface area contributed by atoms with Crippen LogP contribution in [0.3, 0.4) is 0 Å². The molecule has 0 fully saturated rings. The van der Waals surface area contributed by atoms with E-state index < -0.39 is 12.1 Å². The summed E-state index contributed by atoms with van der Waals surface area (Å²) >= 11 is 1.20. The molecule has 3 heterocycles. The van der Waals surface area contributed by atoms with Crippen LogP contribution < -0.4 is 10.2 Å². The number of carbonyl (C=O) groups is 3. The van der Waals surface area contributed by atoms with Gasteiger partial charge in [0.05, 0.1) is 11.3 Å². The summed E-state index contributed by atoms with van der Waals surface area (Å²) < 4.78 is 5.01. The highest BCUT2D eigenvalue weighted by Crippen LogP contribution is 2.44. The number of anilines is 2. The molecule has 5 rings (SSSR count). The predicted molar refractivity (Wildman–Crippen MR) is 113 cm³/mol. The summed E-state index contributed by atoms with van der Waals surface area (Å²) in [7, 11) is 1.55. The normalized spacial score (nSPS) is 16.7. The minimum atomic E-state index is -0.685. The van der Waals surface area contributed by atoms with Crippen molar-refractivity contribution in [2.45, 2.75) is 12.8 Å². The minimum Gasteiger partial charge on any atom is -0.377 e. The van der Waals surface area contributed by atoms with E-state index in [1.54, 1.807) is 48.4 Å². The minimum absolute atomic E-state index is 0.195. The van der Waals surface area contributed by atoms with Gasteiger partial charge in [-0.25, -0.2) is 0 Å². The van der Waals surface area contributed by atoms with E-state index in [0.717, 1.165) is 0 Å². The number of nitrogens with one attached hydrogen (secondary N) is 1. The van der Waals surface area contributed by atoms with Crippen molar-refractivity contribution >= 4 is 39.9 Å². The van der Waals surface area contributed by atoms with Crippen molar-refractivity contribution in [2.24, 2.45) is 0 Å². The average molecular weight is 435 g/mol. The number of aromatic nitrogens is 2. The third-order valence-electron chi connectivity index (χ3n) is 5.18. The third-order valence-corrected chi connectivity index (χ3v) is 5.99. The zero-order chi connectivity index (χ0) is 21.5. The fourth-order valence-corrected chi connectivity index (χ4v) is 4.66. The van der Waals surface area contributed by atoms with E-state index >= 15 is 0 Å². The Bertz CT molecular complexity index is 1210. The third kappa shape index (κ3) is 3.16. The van der Waals surface area contributed by atoms with Crippen molar-refractivity contribution in [1.82, 2.24) is 15.1 Å². The summed E-state index contributed by atoms with van der Waals surface area (Å²) in [5, 5.41) is 11.5. The van der Waals surface area contributed by atoms with Crippen molar-refractivity contribution < 1.29 is 19.1 Å². The molecule has 10 heteroatoms. The Hall–Kier alpha value is -3.63. The Kier molecular flexibility index (Phi) is 4.72. The first kappa shape index (κ1) is 19.3. The Morgan fingerprint density at radius 1 is 1.06 bits per heavy atom. The zero-order valence-electron chi connectivity index (χ0n) is 16.4. The molecule has 3 aromatic rings. The zero-order valence-corrected chi connectivity index (χ0v) is 17.3. The van der Waals surface area contributed by atoms with Crippen LogP contribution in [0.4, 0.5) is 10.8 Å². The lowest BCUT2D eigenvalue weighted by Gasteiger charge is -2.40. The topological polar surface area (TPSA) is 105 Å². The van der Waals surface area contributed by atoms with Gasteiger partial charge in [0.15, 0.2) is 0 Å². The summed E-state index contributed by atoms with van der Waals surface area (Å²) in [5.74, 6) is -0.933. The van der Waals surface area contributed by atoms with Crippen molar-refractivity contribution in [3.05, 3.63) is 70.2 Å². The van der Waals surface area contributed by atoms with Crippen LogP contribution in [-0.4, -0.2) is 46.5 Å². The largest absolute Gasteiger partial charge is 0.377 e. The van der Waals surface area contributed by atoms with Crippen LogP contribution in [0.2, 0.25) is 0 Å². The van der Waals surface area contributed by atoms with Crippen LogP contribution in [0.1, 0.15) is 37.5 Å². The monoisotopic (exact) mass is 435 g/mol. The van der Waals surface area contributed by atoms with Crippen LogP contribution >= 0.6 is 11.3 Å². The van der Waals surface area contributed by atoms with Gasteiger partial charge in [0.25, 0.3) is 11.8 Å². The van der Waals surface area contributed by atoms with E-state index in [0.29, 0.717) is 39.1 Å². The molecular formula is C21H17N5O4S. The van der Waals surface area contributed by atoms with Gasteiger partial charge < -0.3 is 9.64 Å². The fraction of sp³-hybridized carbons (Fsp3) is 0.190. The predicted octanol–water partition coefficient (Wildman–Crippen LogP) is 2.44. The molecule has 0 spiro atoms. The molecule has 1 unspecified atom stereocenters. The van der Waals surface area contributed by atoms with Gasteiger partial charge in [-0.15, -0.1) is 10.2 Å². The Balaban J connectivity index is 1.48. The highest BCUT2D eigenvalue weighted by molar-refractivity contribution is 7.15. The first-order chi connectivity index (χ1) is 15.1. The van der Waals surface area contributed by atoms with Crippen LogP contribution in [-0.2, 0) is 16.1 Å². The lowest BCUT2D eigenvalue weighted by molar-refractivity contribution is -0.117. The second-order valence-corrected chi connectivity index (χ2v) is 8.13. The van der Waals surface area contributed by atoms with Gasteiger partial charge in [-0.3, -0.25) is 24.6 Å².